The molecule has 0 saturated carbocycles. The van der Waals surface area contributed by atoms with Gasteiger partial charge >= 0.3 is 0 Å². The van der Waals surface area contributed by atoms with Crippen LogP contribution in [0.25, 0.3) is 11.0 Å². The molecule has 2 N–H and O–H groups in total. The normalized spacial score (nSPS) is 10.9. The zero-order valence-electron chi connectivity index (χ0n) is 19.4. The molecule has 34 heavy (non-hydrogen) atoms. The summed E-state index contributed by atoms with van der Waals surface area (Å²) in [7, 11) is 0. The predicted molar refractivity (Wildman–Crippen MR) is 138 cm³/mol. The molecule has 4 rings (SSSR count). The number of aromatic nitrogens is 2. The molecule has 6 nitrogen and oxygen atoms in total. The maximum Gasteiger partial charge on any atom is 0.244 e. The van der Waals surface area contributed by atoms with E-state index in [1.54, 1.807) is 0 Å². The van der Waals surface area contributed by atoms with Gasteiger partial charge in [0.15, 0.2) is 5.16 Å². The first-order valence-electron chi connectivity index (χ1n) is 11.3. The Balaban J connectivity index is 1.47. The molecule has 1 heterocycles. The molecule has 0 atom stereocenters. The number of hydrogen-bond donors (Lipinski definition) is 2. The monoisotopic (exact) mass is 472 g/mol. The first-order chi connectivity index (χ1) is 16.5. The summed E-state index contributed by atoms with van der Waals surface area (Å²) in [6.45, 7) is 4.67. The third-order valence-corrected chi connectivity index (χ3v) is 6.57. The van der Waals surface area contributed by atoms with Crippen LogP contribution < -0.4 is 10.6 Å². The lowest BCUT2D eigenvalue weighted by Crippen LogP contribution is -2.25. The van der Waals surface area contributed by atoms with Crippen LogP contribution in [0.15, 0.2) is 78.0 Å². The van der Waals surface area contributed by atoms with Gasteiger partial charge in [0.1, 0.15) is 6.54 Å². The molecule has 174 valence electrons. The Morgan fingerprint density at radius 3 is 2.50 bits per heavy atom. The molecule has 0 unspecified atom stereocenters. The van der Waals surface area contributed by atoms with Gasteiger partial charge in [-0.05, 0) is 42.2 Å². The minimum absolute atomic E-state index is 0.0793. The van der Waals surface area contributed by atoms with Crippen molar-refractivity contribution in [3.63, 3.8) is 0 Å². The zero-order valence-corrected chi connectivity index (χ0v) is 20.2. The molecule has 2 amide bonds. The molecule has 1 aromatic heterocycles. The molecule has 0 aliphatic heterocycles. The Bertz CT molecular complexity index is 1300. The van der Waals surface area contributed by atoms with E-state index in [-0.39, 0.29) is 24.1 Å². The number of para-hydroxylation sites is 3. The Kier molecular flexibility index (Phi) is 7.65. The number of aryl methyl sites for hydroxylation is 2. The first-order valence-corrected chi connectivity index (χ1v) is 12.3. The van der Waals surface area contributed by atoms with Crippen LogP contribution >= 0.6 is 11.8 Å². The Morgan fingerprint density at radius 1 is 0.941 bits per heavy atom. The fraction of sp³-hybridized carbons (Fsp3) is 0.222. The highest BCUT2D eigenvalue weighted by atomic mass is 32.2. The average molecular weight is 473 g/mol. The fourth-order valence-electron chi connectivity index (χ4n) is 3.82. The summed E-state index contributed by atoms with van der Waals surface area (Å²) in [5, 5.41) is 6.67. The number of rotatable bonds is 9. The minimum atomic E-state index is -0.123. The van der Waals surface area contributed by atoms with Crippen molar-refractivity contribution in [1.29, 1.82) is 0 Å². The second-order valence-corrected chi connectivity index (χ2v) is 8.97. The molecule has 0 radical (unpaired) electrons. The van der Waals surface area contributed by atoms with Crippen molar-refractivity contribution in [1.82, 2.24) is 14.9 Å². The number of nitrogens with zero attached hydrogens (tertiary/aromatic N) is 2. The third-order valence-electron chi connectivity index (χ3n) is 5.59. The summed E-state index contributed by atoms with van der Waals surface area (Å²) in [6.07, 6.45) is 0.838. The summed E-state index contributed by atoms with van der Waals surface area (Å²) in [6, 6.07) is 23.5. The van der Waals surface area contributed by atoms with Gasteiger partial charge in [-0.2, -0.15) is 0 Å². The molecular formula is C27H28N4O2S. The summed E-state index contributed by atoms with van der Waals surface area (Å²) >= 11 is 1.33. The molecule has 0 saturated heterocycles. The number of thioether (sulfide) groups is 1. The van der Waals surface area contributed by atoms with E-state index >= 15 is 0 Å². The number of fused-ring (bicyclic) bond motifs is 1. The average Bonchev–Trinajstić information content (AvgIpc) is 3.20. The van der Waals surface area contributed by atoms with Crippen molar-refractivity contribution < 1.29 is 9.59 Å². The van der Waals surface area contributed by atoms with Crippen molar-refractivity contribution in [2.24, 2.45) is 0 Å². The van der Waals surface area contributed by atoms with Crippen molar-refractivity contribution in [2.45, 2.75) is 38.5 Å². The number of imidazole rings is 1. The molecule has 4 aromatic rings. The Morgan fingerprint density at radius 2 is 1.71 bits per heavy atom. The van der Waals surface area contributed by atoms with E-state index in [0.717, 1.165) is 39.8 Å². The van der Waals surface area contributed by atoms with Crippen molar-refractivity contribution in [3.8, 4) is 0 Å². The highest BCUT2D eigenvalue weighted by Crippen LogP contribution is 2.25. The van der Waals surface area contributed by atoms with Gasteiger partial charge in [0.05, 0.1) is 16.8 Å². The van der Waals surface area contributed by atoms with Crippen LogP contribution in [0.2, 0.25) is 0 Å². The third kappa shape index (κ3) is 5.66. The van der Waals surface area contributed by atoms with E-state index in [1.165, 1.54) is 11.8 Å². The van der Waals surface area contributed by atoms with Crippen molar-refractivity contribution >= 4 is 40.3 Å². The van der Waals surface area contributed by atoms with E-state index in [2.05, 4.69) is 22.5 Å². The predicted octanol–water partition coefficient (Wildman–Crippen LogP) is 4.95. The maximum atomic E-state index is 13.0. The Labute approximate surface area is 203 Å². The number of benzene rings is 3. The molecule has 0 aliphatic rings. The van der Waals surface area contributed by atoms with Crippen LogP contribution in [0.3, 0.4) is 0 Å². The maximum absolute atomic E-state index is 13.0. The van der Waals surface area contributed by atoms with Crippen LogP contribution in [0.5, 0.6) is 0 Å². The SMILES string of the molecule is CCc1cccc(C)c1NC(=O)Cn1c(SCC(=O)NCc2ccccc2)nc2ccccc21. The molecule has 7 heteroatoms. The number of nitrogens with one attached hydrogen (secondary N) is 2. The van der Waals surface area contributed by atoms with Gasteiger partial charge < -0.3 is 15.2 Å². The molecular weight excluding hydrogens is 444 g/mol. The van der Waals surface area contributed by atoms with Gasteiger partial charge in [0.2, 0.25) is 11.8 Å². The molecule has 3 aromatic carbocycles. The quantitative estimate of drug-likeness (QED) is 0.338. The van der Waals surface area contributed by atoms with E-state index in [9.17, 15) is 9.59 Å². The fourth-order valence-corrected chi connectivity index (χ4v) is 4.66. The zero-order chi connectivity index (χ0) is 23.9. The van der Waals surface area contributed by atoms with Gasteiger partial charge in [0.25, 0.3) is 0 Å². The van der Waals surface area contributed by atoms with Crippen LogP contribution in [0, 0.1) is 6.92 Å². The summed E-state index contributed by atoms with van der Waals surface area (Å²) in [4.78, 5) is 30.2. The lowest BCUT2D eigenvalue weighted by atomic mass is 10.1. The van der Waals surface area contributed by atoms with Gasteiger partial charge in [-0.1, -0.05) is 79.3 Å². The number of amides is 2. The highest BCUT2D eigenvalue weighted by Gasteiger charge is 2.17. The van der Waals surface area contributed by atoms with E-state index in [0.29, 0.717) is 11.7 Å². The number of carbonyl (C=O) groups is 2. The number of anilines is 1. The Hall–Kier alpha value is -3.58. The second-order valence-electron chi connectivity index (χ2n) is 8.03. The standard InChI is InChI=1S/C27H28N4O2S/c1-3-21-13-9-10-19(2)26(21)30-24(32)17-31-23-15-8-7-14-22(23)29-27(31)34-18-25(33)28-16-20-11-5-4-6-12-20/h4-15H,3,16-18H2,1-2H3,(H,28,33)(H,30,32). The van der Waals surface area contributed by atoms with Crippen LogP contribution in [0.4, 0.5) is 5.69 Å². The minimum Gasteiger partial charge on any atom is -0.351 e. The van der Waals surface area contributed by atoms with Crippen LogP contribution in [0.1, 0.15) is 23.6 Å². The first kappa shape index (κ1) is 23.6. The van der Waals surface area contributed by atoms with Gasteiger partial charge in [-0.15, -0.1) is 0 Å². The second kappa shape index (κ2) is 11.0. The van der Waals surface area contributed by atoms with Gasteiger partial charge in [-0.25, -0.2) is 4.98 Å². The largest absolute Gasteiger partial charge is 0.351 e. The van der Waals surface area contributed by atoms with Gasteiger partial charge in [-0.3, -0.25) is 9.59 Å². The van der Waals surface area contributed by atoms with E-state index < -0.39 is 0 Å². The highest BCUT2D eigenvalue weighted by molar-refractivity contribution is 7.99. The number of carbonyl (C=O) groups excluding carboxylic acids is 2. The van der Waals surface area contributed by atoms with Crippen molar-refractivity contribution in [2.75, 3.05) is 11.1 Å². The van der Waals surface area contributed by atoms with Gasteiger partial charge in [0, 0.05) is 12.2 Å². The van der Waals surface area contributed by atoms with Crippen LogP contribution in [-0.4, -0.2) is 27.1 Å². The lowest BCUT2D eigenvalue weighted by Gasteiger charge is -2.14. The van der Waals surface area contributed by atoms with Crippen molar-refractivity contribution in [3.05, 3.63) is 89.5 Å². The summed E-state index contributed by atoms with van der Waals surface area (Å²) in [5.41, 5.74) is 5.72. The smallest absolute Gasteiger partial charge is 0.244 e. The molecule has 0 bridgehead atoms. The van der Waals surface area contributed by atoms with E-state index in [1.807, 2.05) is 84.3 Å². The number of hydrogen-bond acceptors (Lipinski definition) is 4. The lowest BCUT2D eigenvalue weighted by molar-refractivity contribution is -0.118. The topological polar surface area (TPSA) is 76.0 Å². The summed E-state index contributed by atoms with van der Waals surface area (Å²) in [5.74, 6) is 0.0159. The van der Waals surface area contributed by atoms with Crippen LogP contribution in [-0.2, 0) is 29.1 Å². The molecule has 0 aliphatic carbocycles. The molecule has 0 fully saturated rings. The molecule has 0 spiro atoms. The summed E-state index contributed by atoms with van der Waals surface area (Å²) < 4.78 is 1.88. The van der Waals surface area contributed by atoms with E-state index in [4.69, 9.17) is 0 Å².